The van der Waals surface area contributed by atoms with Crippen LogP contribution in [0.25, 0.3) is 11.1 Å². The summed E-state index contributed by atoms with van der Waals surface area (Å²) in [4.78, 5) is 12.1. The van der Waals surface area contributed by atoms with Crippen LogP contribution in [0, 0.1) is 11.8 Å². The molecule has 3 nitrogen and oxygen atoms in total. The number of hydrogen-bond donors (Lipinski definition) is 0. The van der Waals surface area contributed by atoms with E-state index in [0.29, 0.717) is 22.9 Å². The molecule has 1 heterocycles. The lowest BCUT2D eigenvalue weighted by atomic mass is 9.91. The first-order chi connectivity index (χ1) is 9.61. The predicted molar refractivity (Wildman–Crippen MR) is 84.3 cm³/mol. The minimum Gasteiger partial charge on any atom is -0.408 e. The topological polar surface area (TPSA) is 35.1 Å². The number of alkyl halides is 1. The molecule has 0 N–H and O–H groups in total. The van der Waals surface area contributed by atoms with E-state index in [2.05, 4.69) is 28.9 Å². The van der Waals surface area contributed by atoms with Crippen LogP contribution in [0.2, 0.25) is 0 Å². The van der Waals surface area contributed by atoms with Gasteiger partial charge in [0.15, 0.2) is 5.58 Å². The van der Waals surface area contributed by atoms with Gasteiger partial charge in [0.2, 0.25) is 0 Å². The lowest BCUT2D eigenvalue weighted by Gasteiger charge is -2.22. The Kier molecular flexibility index (Phi) is 3.76. The van der Waals surface area contributed by atoms with Crippen LogP contribution < -0.4 is 5.76 Å². The minimum atomic E-state index is -0.264. The third-order valence-corrected chi connectivity index (χ3v) is 5.84. The second kappa shape index (κ2) is 5.40. The van der Waals surface area contributed by atoms with Crippen LogP contribution in [-0.4, -0.2) is 4.57 Å². The molecule has 108 valence electrons. The number of aromatic nitrogens is 1. The Morgan fingerprint density at radius 3 is 2.90 bits per heavy atom. The van der Waals surface area contributed by atoms with Crippen molar-refractivity contribution in [1.82, 2.24) is 4.57 Å². The van der Waals surface area contributed by atoms with Gasteiger partial charge in [-0.25, -0.2) is 4.79 Å². The standard InChI is InChI=1S/C16H20BrNO2/c1-3-18-13-8-7-11(9-14(13)20-16(18)19)15(17)12-6-4-5-10(12)2/h7-10,12,15H,3-6H2,1-2H3. The molecule has 0 saturated heterocycles. The molecular weight excluding hydrogens is 318 g/mol. The summed E-state index contributed by atoms with van der Waals surface area (Å²) in [6.07, 6.45) is 3.91. The maximum atomic E-state index is 11.7. The predicted octanol–water partition coefficient (Wildman–Crippen LogP) is 4.49. The molecule has 0 amide bonds. The van der Waals surface area contributed by atoms with E-state index in [0.717, 1.165) is 11.4 Å². The molecule has 3 rings (SSSR count). The van der Waals surface area contributed by atoms with Crippen molar-refractivity contribution in [3.63, 3.8) is 0 Å². The van der Waals surface area contributed by atoms with E-state index in [-0.39, 0.29) is 5.76 Å². The lowest BCUT2D eigenvalue weighted by molar-refractivity contribution is 0.414. The summed E-state index contributed by atoms with van der Waals surface area (Å²) in [5, 5.41) is 0. The number of oxazole rings is 1. The fraction of sp³-hybridized carbons (Fsp3) is 0.562. The summed E-state index contributed by atoms with van der Waals surface area (Å²) in [7, 11) is 0. The highest BCUT2D eigenvalue weighted by Gasteiger charge is 2.30. The number of rotatable bonds is 3. The highest BCUT2D eigenvalue weighted by molar-refractivity contribution is 9.09. The molecule has 1 aromatic carbocycles. The average molecular weight is 338 g/mol. The zero-order valence-electron chi connectivity index (χ0n) is 11.9. The first-order valence-corrected chi connectivity index (χ1v) is 8.30. The molecule has 20 heavy (non-hydrogen) atoms. The largest absolute Gasteiger partial charge is 0.419 e. The van der Waals surface area contributed by atoms with Crippen molar-refractivity contribution in [2.45, 2.75) is 44.5 Å². The van der Waals surface area contributed by atoms with Gasteiger partial charge in [-0.05, 0) is 42.9 Å². The Morgan fingerprint density at radius 1 is 1.45 bits per heavy atom. The van der Waals surface area contributed by atoms with Crippen LogP contribution in [0.15, 0.2) is 27.4 Å². The summed E-state index contributed by atoms with van der Waals surface area (Å²) in [5.74, 6) is 1.16. The molecule has 4 heteroatoms. The second-order valence-electron chi connectivity index (χ2n) is 5.81. The maximum absolute atomic E-state index is 11.7. The van der Waals surface area contributed by atoms with E-state index in [1.54, 1.807) is 4.57 Å². The summed E-state index contributed by atoms with van der Waals surface area (Å²) in [6.45, 7) is 4.93. The van der Waals surface area contributed by atoms with Crippen molar-refractivity contribution in [2.24, 2.45) is 11.8 Å². The van der Waals surface area contributed by atoms with Gasteiger partial charge in [0, 0.05) is 11.4 Å². The van der Waals surface area contributed by atoms with E-state index in [4.69, 9.17) is 4.42 Å². The van der Waals surface area contributed by atoms with Gasteiger partial charge in [0.25, 0.3) is 0 Å². The molecule has 3 unspecified atom stereocenters. The summed E-state index contributed by atoms with van der Waals surface area (Å²) < 4.78 is 7.02. The fourth-order valence-corrected chi connectivity index (χ4v) is 4.48. The Morgan fingerprint density at radius 2 is 2.25 bits per heavy atom. The van der Waals surface area contributed by atoms with E-state index >= 15 is 0 Å². The van der Waals surface area contributed by atoms with Gasteiger partial charge in [0.1, 0.15) is 0 Å². The molecule has 0 spiro atoms. The Labute approximate surface area is 127 Å². The SMILES string of the molecule is CCn1c(=O)oc2cc(C(Br)C3CCCC3C)ccc21. The summed E-state index contributed by atoms with van der Waals surface area (Å²) in [6, 6.07) is 6.15. The van der Waals surface area contributed by atoms with Crippen LogP contribution in [0.3, 0.4) is 0 Å². The quantitative estimate of drug-likeness (QED) is 0.773. The number of benzene rings is 1. The summed E-state index contributed by atoms with van der Waals surface area (Å²) in [5.41, 5.74) is 2.80. The first-order valence-electron chi connectivity index (χ1n) is 7.39. The van der Waals surface area contributed by atoms with Gasteiger partial charge in [0.05, 0.1) is 5.52 Å². The van der Waals surface area contributed by atoms with Crippen LogP contribution in [0.5, 0.6) is 0 Å². The number of halogens is 1. The van der Waals surface area contributed by atoms with Gasteiger partial charge in [-0.1, -0.05) is 41.8 Å². The van der Waals surface area contributed by atoms with Gasteiger partial charge < -0.3 is 4.42 Å². The van der Waals surface area contributed by atoms with Crippen LogP contribution >= 0.6 is 15.9 Å². The monoisotopic (exact) mass is 337 g/mol. The molecule has 1 aromatic heterocycles. The van der Waals surface area contributed by atoms with E-state index < -0.39 is 0 Å². The Bertz CT molecular complexity index is 673. The van der Waals surface area contributed by atoms with Crippen LogP contribution in [0.4, 0.5) is 0 Å². The first kappa shape index (κ1) is 13.9. The number of hydrogen-bond acceptors (Lipinski definition) is 2. The number of nitrogens with zero attached hydrogens (tertiary/aromatic N) is 1. The summed E-state index contributed by atoms with van der Waals surface area (Å²) >= 11 is 3.85. The lowest BCUT2D eigenvalue weighted by Crippen LogP contribution is -2.12. The minimum absolute atomic E-state index is 0.264. The van der Waals surface area contributed by atoms with Gasteiger partial charge in [-0.2, -0.15) is 0 Å². The Hall–Kier alpha value is -1.03. The second-order valence-corrected chi connectivity index (χ2v) is 6.80. The van der Waals surface area contributed by atoms with Crippen molar-refractivity contribution < 1.29 is 4.42 Å². The Balaban J connectivity index is 1.98. The van der Waals surface area contributed by atoms with Crippen LogP contribution in [0.1, 0.15) is 43.5 Å². The molecule has 3 atom stereocenters. The maximum Gasteiger partial charge on any atom is 0.419 e. The molecule has 0 radical (unpaired) electrons. The smallest absolute Gasteiger partial charge is 0.408 e. The fourth-order valence-electron chi connectivity index (χ4n) is 3.41. The zero-order chi connectivity index (χ0) is 14.3. The van der Waals surface area contributed by atoms with E-state index in [9.17, 15) is 4.79 Å². The van der Waals surface area contributed by atoms with Crippen molar-refractivity contribution in [3.05, 3.63) is 34.3 Å². The third kappa shape index (κ3) is 2.24. The highest BCUT2D eigenvalue weighted by Crippen LogP contribution is 2.44. The third-order valence-electron chi connectivity index (χ3n) is 4.63. The van der Waals surface area contributed by atoms with E-state index in [1.807, 2.05) is 19.1 Å². The molecular formula is C16H20BrNO2. The van der Waals surface area contributed by atoms with Gasteiger partial charge in [-0.3, -0.25) is 4.57 Å². The molecule has 2 aromatic rings. The van der Waals surface area contributed by atoms with Gasteiger partial charge in [-0.15, -0.1) is 0 Å². The molecule has 1 fully saturated rings. The average Bonchev–Trinajstić information content (AvgIpc) is 2.99. The van der Waals surface area contributed by atoms with Crippen molar-refractivity contribution in [3.8, 4) is 0 Å². The van der Waals surface area contributed by atoms with Crippen molar-refractivity contribution >= 4 is 27.0 Å². The van der Waals surface area contributed by atoms with Crippen molar-refractivity contribution in [1.29, 1.82) is 0 Å². The van der Waals surface area contributed by atoms with Gasteiger partial charge >= 0.3 is 5.76 Å². The van der Waals surface area contributed by atoms with Crippen LogP contribution in [-0.2, 0) is 6.54 Å². The molecule has 1 saturated carbocycles. The zero-order valence-corrected chi connectivity index (χ0v) is 13.5. The number of aryl methyl sites for hydroxylation is 1. The van der Waals surface area contributed by atoms with Crippen molar-refractivity contribution in [2.75, 3.05) is 0 Å². The molecule has 0 aliphatic heterocycles. The molecule has 1 aliphatic carbocycles. The number of fused-ring (bicyclic) bond motifs is 1. The normalized spacial score (nSPS) is 24.4. The molecule has 1 aliphatic rings. The highest BCUT2D eigenvalue weighted by atomic mass is 79.9. The van der Waals surface area contributed by atoms with E-state index in [1.165, 1.54) is 24.8 Å². The molecule has 0 bridgehead atoms.